The van der Waals surface area contributed by atoms with Gasteiger partial charge < -0.3 is 4.85 Å². The van der Waals surface area contributed by atoms with E-state index in [1.165, 1.54) is 10.6 Å². The second-order valence-corrected chi connectivity index (χ2v) is 5.00. The molecule has 1 heterocycles. The third-order valence-corrected chi connectivity index (χ3v) is 3.38. The summed E-state index contributed by atoms with van der Waals surface area (Å²) in [6.45, 7) is 7.79. The Morgan fingerprint density at radius 1 is 1.42 bits per heavy atom. The summed E-state index contributed by atoms with van der Waals surface area (Å²) in [6, 6.07) is 0.0306. The molecule has 1 rings (SSSR count). The van der Waals surface area contributed by atoms with Gasteiger partial charge in [-0.2, -0.15) is 0 Å². The van der Waals surface area contributed by atoms with Gasteiger partial charge in [-0.15, -0.1) is 0 Å². The Labute approximate surface area is 73.0 Å². The fourth-order valence-corrected chi connectivity index (χ4v) is 2.18. The first-order chi connectivity index (χ1) is 5.54. The monoisotopic (exact) mass is 188 g/mol. The summed E-state index contributed by atoms with van der Waals surface area (Å²) in [6.07, 6.45) is 2.57. The average molecular weight is 188 g/mol. The standard InChI is InChI=1S/C7H12N2O2S/c1-8-7-3-5-9(6-4-7)12(2,10)11/h7H,3-6H2,2H3. The molecule has 1 aliphatic heterocycles. The van der Waals surface area contributed by atoms with Crippen molar-refractivity contribution in [2.75, 3.05) is 19.3 Å². The summed E-state index contributed by atoms with van der Waals surface area (Å²) in [5.74, 6) is 0. The summed E-state index contributed by atoms with van der Waals surface area (Å²) in [7, 11) is -3.03. The van der Waals surface area contributed by atoms with Gasteiger partial charge in [0, 0.05) is 25.9 Å². The predicted octanol–water partition coefficient (Wildman–Crippen LogP) is 0.330. The molecule has 4 nitrogen and oxygen atoms in total. The minimum absolute atomic E-state index is 0.0306. The van der Waals surface area contributed by atoms with Crippen LogP contribution in [0.1, 0.15) is 12.8 Å². The molecule has 0 unspecified atom stereocenters. The summed E-state index contributed by atoms with van der Waals surface area (Å²) < 4.78 is 23.5. The molecule has 5 heteroatoms. The zero-order valence-corrected chi connectivity index (χ0v) is 7.84. The molecule has 1 aliphatic rings. The lowest BCUT2D eigenvalue weighted by Crippen LogP contribution is -2.38. The van der Waals surface area contributed by atoms with E-state index in [4.69, 9.17) is 6.57 Å². The second kappa shape index (κ2) is 3.42. The second-order valence-electron chi connectivity index (χ2n) is 3.02. The van der Waals surface area contributed by atoms with E-state index in [1.54, 1.807) is 0 Å². The molecule has 68 valence electrons. The Hall–Kier alpha value is -0.600. The maximum atomic E-state index is 11.0. The summed E-state index contributed by atoms with van der Waals surface area (Å²) >= 11 is 0. The molecule has 0 amide bonds. The summed E-state index contributed by atoms with van der Waals surface area (Å²) in [5, 5.41) is 0. The molecule has 12 heavy (non-hydrogen) atoms. The van der Waals surface area contributed by atoms with Gasteiger partial charge in [0.1, 0.15) is 0 Å². The number of rotatable bonds is 1. The molecular formula is C7H12N2O2S. The summed E-state index contributed by atoms with van der Waals surface area (Å²) in [4.78, 5) is 3.39. The van der Waals surface area contributed by atoms with Crippen LogP contribution in [0, 0.1) is 6.57 Å². The average Bonchev–Trinajstić information content (AvgIpc) is 2.03. The molecular weight excluding hydrogens is 176 g/mol. The van der Waals surface area contributed by atoms with Gasteiger partial charge in [-0.1, -0.05) is 0 Å². The highest BCUT2D eigenvalue weighted by molar-refractivity contribution is 7.88. The third-order valence-electron chi connectivity index (χ3n) is 2.08. The SMILES string of the molecule is [C-]#[N+]C1CCN(S(C)(=O)=O)CC1. The zero-order chi connectivity index (χ0) is 9.19. The van der Waals surface area contributed by atoms with Gasteiger partial charge in [0.15, 0.2) is 0 Å². The van der Waals surface area contributed by atoms with Gasteiger partial charge in [-0.25, -0.2) is 19.3 Å². The normalized spacial score (nSPS) is 22.0. The van der Waals surface area contributed by atoms with Crippen LogP contribution in [-0.4, -0.2) is 38.1 Å². The molecule has 0 aromatic heterocycles. The first-order valence-corrected chi connectivity index (χ1v) is 5.70. The Morgan fingerprint density at radius 3 is 2.25 bits per heavy atom. The van der Waals surface area contributed by atoms with Gasteiger partial charge in [0.2, 0.25) is 16.1 Å². The largest absolute Gasteiger partial charge is 0.314 e. The molecule has 0 N–H and O–H groups in total. The van der Waals surface area contributed by atoms with Crippen LogP contribution in [0.5, 0.6) is 0 Å². The highest BCUT2D eigenvalue weighted by Gasteiger charge is 2.27. The molecule has 0 radical (unpaired) electrons. The van der Waals surface area contributed by atoms with Crippen molar-refractivity contribution in [1.29, 1.82) is 0 Å². The van der Waals surface area contributed by atoms with Crippen molar-refractivity contribution in [2.45, 2.75) is 18.9 Å². The molecule has 0 spiro atoms. The van der Waals surface area contributed by atoms with Crippen molar-refractivity contribution >= 4 is 10.0 Å². The van der Waals surface area contributed by atoms with Crippen LogP contribution in [0.2, 0.25) is 0 Å². The fourth-order valence-electron chi connectivity index (χ4n) is 1.30. The number of hydrogen-bond donors (Lipinski definition) is 0. The lowest BCUT2D eigenvalue weighted by molar-refractivity contribution is 0.339. The van der Waals surface area contributed by atoms with E-state index in [2.05, 4.69) is 4.85 Å². The number of nitrogens with zero attached hydrogens (tertiary/aromatic N) is 2. The highest BCUT2D eigenvalue weighted by Crippen LogP contribution is 2.15. The fraction of sp³-hybridized carbons (Fsp3) is 0.857. The molecule has 0 aromatic carbocycles. The first kappa shape index (κ1) is 9.49. The van der Waals surface area contributed by atoms with Crippen molar-refractivity contribution in [2.24, 2.45) is 0 Å². The highest BCUT2D eigenvalue weighted by atomic mass is 32.2. The van der Waals surface area contributed by atoms with Crippen molar-refractivity contribution in [1.82, 2.24) is 4.31 Å². The van der Waals surface area contributed by atoms with E-state index in [0.29, 0.717) is 25.9 Å². The van der Waals surface area contributed by atoms with Gasteiger partial charge >= 0.3 is 0 Å². The predicted molar refractivity (Wildman–Crippen MR) is 46.0 cm³/mol. The van der Waals surface area contributed by atoms with Crippen molar-refractivity contribution in [3.05, 3.63) is 11.4 Å². The minimum Gasteiger partial charge on any atom is -0.314 e. The summed E-state index contributed by atoms with van der Waals surface area (Å²) in [5.41, 5.74) is 0. The number of piperidine rings is 1. The van der Waals surface area contributed by atoms with Crippen molar-refractivity contribution < 1.29 is 8.42 Å². The smallest absolute Gasteiger partial charge is 0.226 e. The first-order valence-electron chi connectivity index (χ1n) is 3.85. The van der Waals surface area contributed by atoms with Gasteiger partial charge in [0.05, 0.1) is 6.26 Å². The van der Waals surface area contributed by atoms with Crippen LogP contribution in [-0.2, 0) is 10.0 Å². The van der Waals surface area contributed by atoms with Gasteiger partial charge in [-0.3, -0.25) is 0 Å². The van der Waals surface area contributed by atoms with Crippen molar-refractivity contribution in [3.63, 3.8) is 0 Å². The Kier molecular flexibility index (Phi) is 2.70. The molecule has 1 saturated heterocycles. The molecule has 0 aromatic rings. The Bertz CT molecular complexity index is 283. The maximum absolute atomic E-state index is 11.0. The lowest BCUT2D eigenvalue weighted by atomic mass is 10.1. The topological polar surface area (TPSA) is 41.7 Å². The Balaban J connectivity index is 2.54. The van der Waals surface area contributed by atoms with Crippen LogP contribution in [0.3, 0.4) is 0 Å². The van der Waals surface area contributed by atoms with Crippen LogP contribution < -0.4 is 0 Å². The van der Waals surface area contributed by atoms with E-state index in [9.17, 15) is 8.42 Å². The van der Waals surface area contributed by atoms with Crippen LogP contribution >= 0.6 is 0 Å². The molecule has 1 fully saturated rings. The van der Waals surface area contributed by atoms with E-state index in [-0.39, 0.29) is 6.04 Å². The minimum atomic E-state index is -3.03. The third kappa shape index (κ3) is 2.19. The van der Waals surface area contributed by atoms with Crippen molar-refractivity contribution in [3.8, 4) is 0 Å². The lowest BCUT2D eigenvalue weighted by Gasteiger charge is -2.24. The molecule has 0 aliphatic carbocycles. The van der Waals surface area contributed by atoms with Crippen LogP contribution in [0.4, 0.5) is 0 Å². The maximum Gasteiger partial charge on any atom is 0.226 e. The van der Waals surface area contributed by atoms with Crippen LogP contribution in [0.25, 0.3) is 4.85 Å². The van der Waals surface area contributed by atoms with E-state index in [0.717, 1.165) is 0 Å². The van der Waals surface area contributed by atoms with E-state index >= 15 is 0 Å². The zero-order valence-electron chi connectivity index (χ0n) is 7.02. The molecule has 0 atom stereocenters. The molecule has 0 saturated carbocycles. The van der Waals surface area contributed by atoms with E-state index in [1.807, 2.05) is 0 Å². The van der Waals surface area contributed by atoms with Crippen LogP contribution in [0.15, 0.2) is 0 Å². The Morgan fingerprint density at radius 2 is 1.92 bits per heavy atom. The van der Waals surface area contributed by atoms with Gasteiger partial charge in [0.25, 0.3) is 0 Å². The number of sulfonamides is 1. The van der Waals surface area contributed by atoms with Gasteiger partial charge in [-0.05, 0) is 0 Å². The quantitative estimate of drug-likeness (QED) is 0.556. The molecule has 0 bridgehead atoms. The number of hydrogen-bond acceptors (Lipinski definition) is 2. The van der Waals surface area contributed by atoms with E-state index < -0.39 is 10.0 Å².